The van der Waals surface area contributed by atoms with Crippen molar-refractivity contribution in [1.29, 1.82) is 0 Å². The van der Waals surface area contributed by atoms with Crippen molar-refractivity contribution in [3.63, 3.8) is 0 Å². The van der Waals surface area contributed by atoms with Gasteiger partial charge in [0.25, 0.3) is 0 Å². The number of nitrogens with one attached hydrogen (secondary N) is 1. The van der Waals surface area contributed by atoms with Crippen LogP contribution in [0.3, 0.4) is 0 Å². The lowest BCUT2D eigenvalue weighted by molar-refractivity contribution is 0.388. The Bertz CT molecular complexity index is 499. The molecule has 1 N–H and O–H groups in total. The van der Waals surface area contributed by atoms with Gasteiger partial charge >= 0.3 is 0 Å². The normalized spacial score (nSPS) is 10.4. The van der Waals surface area contributed by atoms with E-state index in [1.54, 1.807) is 13.0 Å². The molecule has 6 heteroatoms. The zero-order valence-corrected chi connectivity index (χ0v) is 10.0. The van der Waals surface area contributed by atoms with Crippen LogP contribution in [-0.2, 0) is 6.54 Å². The first kappa shape index (κ1) is 11.2. The third-order valence-electron chi connectivity index (χ3n) is 1.96. The summed E-state index contributed by atoms with van der Waals surface area (Å²) in [5.74, 6) is 1.11. The molecule has 0 atom stereocenters. The molecule has 0 saturated heterocycles. The molecule has 0 fully saturated rings. The van der Waals surface area contributed by atoms with E-state index >= 15 is 0 Å². The van der Waals surface area contributed by atoms with E-state index in [1.165, 1.54) is 0 Å². The van der Waals surface area contributed by atoms with Gasteiger partial charge in [-0.3, -0.25) is 0 Å². The van der Waals surface area contributed by atoms with E-state index in [0.717, 1.165) is 5.69 Å². The predicted octanol–water partition coefficient (Wildman–Crippen LogP) is 3.30. The van der Waals surface area contributed by atoms with Crippen LogP contribution in [0.1, 0.15) is 11.7 Å². The van der Waals surface area contributed by atoms with Gasteiger partial charge in [-0.15, -0.1) is 0 Å². The van der Waals surface area contributed by atoms with Crippen molar-refractivity contribution in [3.8, 4) is 0 Å². The first-order valence-corrected chi connectivity index (χ1v) is 5.39. The summed E-state index contributed by atoms with van der Waals surface area (Å²) in [5, 5.41) is 7.84. The van der Waals surface area contributed by atoms with Crippen molar-refractivity contribution >= 4 is 28.9 Å². The van der Waals surface area contributed by atoms with E-state index in [9.17, 15) is 0 Å². The summed E-state index contributed by atoms with van der Waals surface area (Å²) in [6, 6.07) is 5.38. The van der Waals surface area contributed by atoms with Crippen LogP contribution < -0.4 is 5.32 Å². The monoisotopic (exact) mass is 257 g/mol. The summed E-state index contributed by atoms with van der Waals surface area (Å²) >= 11 is 11.9. The fraction of sp³-hybridized carbons (Fsp3) is 0.200. The number of hydrogen-bond donors (Lipinski definition) is 1. The average molecular weight is 258 g/mol. The molecule has 0 saturated carbocycles. The van der Waals surface area contributed by atoms with Gasteiger partial charge in [0.15, 0.2) is 5.82 Å². The maximum absolute atomic E-state index is 6.01. The number of hydrogen-bond acceptors (Lipinski definition) is 4. The van der Waals surface area contributed by atoms with E-state index < -0.39 is 0 Å². The first-order valence-electron chi connectivity index (χ1n) is 4.64. The number of anilines is 1. The van der Waals surface area contributed by atoms with Crippen LogP contribution in [-0.4, -0.2) is 10.1 Å². The zero-order valence-electron chi connectivity index (χ0n) is 8.50. The van der Waals surface area contributed by atoms with Crippen LogP contribution in [0, 0.1) is 6.92 Å². The Hall–Kier alpha value is -1.26. The van der Waals surface area contributed by atoms with Crippen molar-refractivity contribution < 1.29 is 4.52 Å². The van der Waals surface area contributed by atoms with Gasteiger partial charge in [0.1, 0.15) is 0 Å². The number of aromatic nitrogens is 2. The second kappa shape index (κ2) is 4.72. The highest BCUT2D eigenvalue weighted by Crippen LogP contribution is 2.29. The van der Waals surface area contributed by atoms with Crippen molar-refractivity contribution in [1.82, 2.24) is 10.1 Å². The zero-order chi connectivity index (χ0) is 11.5. The Balaban J connectivity index is 2.07. The van der Waals surface area contributed by atoms with Crippen LogP contribution in [0.15, 0.2) is 22.7 Å². The minimum atomic E-state index is 0.442. The van der Waals surface area contributed by atoms with E-state index in [-0.39, 0.29) is 0 Å². The Morgan fingerprint density at radius 3 is 2.88 bits per heavy atom. The van der Waals surface area contributed by atoms with E-state index in [0.29, 0.717) is 28.3 Å². The molecule has 0 spiro atoms. The van der Waals surface area contributed by atoms with Crippen molar-refractivity contribution in [2.45, 2.75) is 13.5 Å². The molecule has 84 valence electrons. The Kier molecular flexibility index (Phi) is 3.31. The van der Waals surface area contributed by atoms with E-state index in [4.69, 9.17) is 27.7 Å². The number of aryl methyl sites for hydroxylation is 1. The lowest BCUT2D eigenvalue weighted by Gasteiger charge is -2.06. The molecule has 0 aliphatic rings. The molecule has 2 rings (SSSR count). The third-order valence-corrected chi connectivity index (χ3v) is 2.78. The van der Waals surface area contributed by atoms with Crippen LogP contribution in [0.5, 0.6) is 0 Å². The summed E-state index contributed by atoms with van der Waals surface area (Å²) in [4.78, 5) is 4.06. The summed E-state index contributed by atoms with van der Waals surface area (Å²) in [6.45, 7) is 2.18. The molecule has 1 aromatic heterocycles. The van der Waals surface area contributed by atoms with Gasteiger partial charge in [0.2, 0.25) is 5.89 Å². The smallest absolute Gasteiger partial charge is 0.223 e. The molecular weight excluding hydrogens is 249 g/mol. The van der Waals surface area contributed by atoms with Gasteiger partial charge < -0.3 is 9.84 Å². The fourth-order valence-electron chi connectivity index (χ4n) is 1.23. The van der Waals surface area contributed by atoms with E-state index in [1.807, 2.05) is 12.1 Å². The Morgan fingerprint density at radius 2 is 2.19 bits per heavy atom. The molecule has 2 aromatic rings. The number of halogens is 2. The van der Waals surface area contributed by atoms with Crippen LogP contribution in [0.25, 0.3) is 0 Å². The van der Waals surface area contributed by atoms with Gasteiger partial charge in [-0.1, -0.05) is 34.4 Å². The predicted molar refractivity (Wildman–Crippen MR) is 62.8 cm³/mol. The van der Waals surface area contributed by atoms with Crippen molar-refractivity contribution in [2.75, 3.05) is 5.32 Å². The molecule has 1 heterocycles. The highest BCUT2D eigenvalue weighted by molar-refractivity contribution is 6.43. The topological polar surface area (TPSA) is 51.0 Å². The summed E-state index contributed by atoms with van der Waals surface area (Å²) in [5.41, 5.74) is 0.747. The van der Waals surface area contributed by atoms with Gasteiger partial charge in [-0.25, -0.2) is 0 Å². The SMILES string of the molecule is Cc1nc(CNc2cccc(Cl)c2Cl)no1. The van der Waals surface area contributed by atoms with Gasteiger partial charge in [0.05, 0.1) is 22.3 Å². The lowest BCUT2D eigenvalue weighted by Crippen LogP contribution is -2.01. The molecule has 0 unspecified atom stereocenters. The molecule has 16 heavy (non-hydrogen) atoms. The standard InChI is InChI=1S/C10H9Cl2N3O/c1-6-14-9(15-16-6)5-13-8-4-2-3-7(11)10(8)12/h2-4,13H,5H2,1H3. The van der Waals surface area contributed by atoms with Crippen molar-refractivity contribution in [3.05, 3.63) is 40.0 Å². The van der Waals surface area contributed by atoms with Crippen LogP contribution >= 0.6 is 23.2 Å². The second-order valence-corrected chi connectivity index (χ2v) is 3.97. The number of nitrogens with zero attached hydrogens (tertiary/aromatic N) is 2. The van der Waals surface area contributed by atoms with Gasteiger partial charge in [-0.2, -0.15) is 4.98 Å². The maximum atomic E-state index is 6.01. The molecule has 0 amide bonds. The molecule has 0 radical (unpaired) electrons. The summed E-state index contributed by atoms with van der Waals surface area (Å²) in [6.07, 6.45) is 0. The average Bonchev–Trinajstić information content (AvgIpc) is 2.67. The van der Waals surface area contributed by atoms with Gasteiger partial charge in [-0.05, 0) is 12.1 Å². The quantitative estimate of drug-likeness (QED) is 0.917. The number of benzene rings is 1. The molecule has 0 aliphatic heterocycles. The van der Waals surface area contributed by atoms with Crippen LogP contribution in [0.2, 0.25) is 10.0 Å². The minimum Gasteiger partial charge on any atom is -0.376 e. The second-order valence-electron chi connectivity index (χ2n) is 3.18. The first-order chi connectivity index (χ1) is 7.66. The third kappa shape index (κ3) is 2.46. The van der Waals surface area contributed by atoms with Crippen molar-refractivity contribution in [2.24, 2.45) is 0 Å². The molecule has 0 bridgehead atoms. The largest absolute Gasteiger partial charge is 0.376 e. The molecule has 1 aromatic carbocycles. The Morgan fingerprint density at radius 1 is 1.38 bits per heavy atom. The summed E-state index contributed by atoms with van der Waals surface area (Å²) < 4.78 is 4.85. The van der Waals surface area contributed by atoms with Gasteiger partial charge in [0, 0.05) is 6.92 Å². The summed E-state index contributed by atoms with van der Waals surface area (Å²) in [7, 11) is 0. The maximum Gasteiger partial charge on any atom is 0.223 e. The highest BCUT2D eigenvalue weighted by Gasteiger charge is 2.06. The van der Waals surface area contributed by atoms with Crippen LogP contribution in [0.4, 0.5) is 5.69 Å². The minimum absolute atomic E-state index is 0.442. The lowest BCUT2D eigenvalue weighted by atomic mass is 10.3. The number of rotatable bonds is 3. The molecule has 0 aliphatic carbocycles. The van der Waals surface area contributed by atoms with E-state index in [2.05, 4.69) is 15.5 Å². The molecule has 4 nitrogen and oxygen atoms in total. The highest BCUT2D eigenvalue weighted by atomic mass is 35.5. The fourth-order valence-corrected chi connectivity index (χ4v) is 1.60. The molecular formula is C10H9Cl2N3O. The Labute approximate surface area is 103 Å².